The quantitative estimate of drug-likeness (QED) is 0.393. The molecule has 224 valence electrons. The summed E-state index contributed by atoms with van der Waals surface area (Å²) in [5.74, 6) is 0.564. The smallest absolute Gasteiger partial charge is 0.271 e. The number of nitrogens with zero attached hydrogens (tertiary/aromatic N) is 4. The molecule has 8 heteroatoms. The number of hydrogen-bond donors (Lipinski definition) is 1. The molecule has 1 saturated carbocycles. The number of hydrogen-bond acceptors (Lipinski definition) is 5. The Morgan fingerprint density at radius 1 is 0.952 bits per heavy atom. The first-order valence-corrected chi connectivity index (χ1v) is 15.7. The minimum Gasteiger partial charge on any atom is -0.463 e. The molecule has 1 aromatic carbocycles. The van der Waals surface area contributed by atoms with Crippen LogP contribution in [0.1, 0.15) is 67.1 Å². The lowest BCUT2D eigenvalue weighted by atomic mass is 9.93. The van der Waals surface area contributed by atoms with Crippen molar-refractivity contribution in [2.75, 3.05) is 44.2 Å². The third-order valence-corrected chi connectivity index (χ3v) is 9.68. The SMILES string of the molecule is Cc1ccc(C)c(N2CCN(CCN3C(=O)c4ccc(-c5ccco5)n4C[C@]3(C)C(=O)NC3CCCCCC3)CC2)c1. The minimum atomic E-state index is -1.00. The number of anilines is 1. The fourth-order valence-corrected chi connectivity index (χ4v) is 7.04. The van der Waals surface area contributed by atoms with Gasteiger partial charge in [-0.15, -0.1) is 0 Å². The first kappa shape index (κ1) is 28.6. The number of rotatable bonds is 7. The van der Waals surface area contributed by atoms with E-state index in [4.69, 9.17) is 4.42 Å². The van der Waals surface area contributed by atoms with Crippen molar-refractivity contribution in [2.45, 2.75) is 77.4 Å². The van der Waals surface area contributed by atoms with Gasteiger partial charge in [-0.05, 0) is 75.1 Å². The van der Waals surface area contributed by atoms with Crippen molar-refractivity contribution in [1.82, 2.24) is 19.7 Å². The van der Waals surface area contributed by atoms with Crippen molar-refractivity contribution in [3.8, 4) is 11.5 Å². The topological polar surface area (TPSA) is 74.0 Å². The number of carbonyl (C=O) groups excluding carboxylic acids is 2. The molecule has 0 bridgehead atoms. The summed E-state index contributed by atoms with van der Waals surface area (Å²) < 4.78 is 7.67. The molecule has 1 aliphatic carbocycles. The molecule has 0 unspecified atom stereocenters. The van der Waals surface area contributed by atoms with Gasteiger partial charge in [0.2, 0.25) is 5.91 Å². The van der Waals surface area contributed by atoms with Crippen LogP contribution in [0.3, 0.4) is 0 Å². The Hall–Kier alpha value is -3.52. The second kappa shape index (κ2) is 12.0. The molecule has 42 heavy (non-hydrogen) atoms. The van der Waals surface area contributed by atoms with E-state index < -0.39 is 5.54 Å². The highest BCUT2D eigenvalue weighted by atomic mass is 16.3. The van der Waals surface area contributed by atoms with Gasteiger partial charge in [0.1, 0.15) is 17.0 Å². The lowest BCUT2D eigenvalue weighted by molar-refractivity contribution is -0.133. The number of fused-ring (bicyclic) bond motifs is 1. The lowest BCUT2D eigenvalue weighted by Gasteiger charge is -2.46. The number of furan rings is 1. The van der Waals surface area contributed by atoms with E-state index in [1.807, 2.05) is 40.7 Å². The van der Waals surface area contributed by atoms with E-state index in [1.54, 1.807) is 6.26 Å². The van der Waals surface area contributed by atoms with Gasteiger partial charge in [0.05, 0.1) is 18.5 Å². The number of amides is 2. The summed E-state index contributed by atoms with van der Waals surface area (Å²) in [6, 6.07) is 14.4. The van der Waals surface area contributed by atoms with E-state index in [2.05, 4.69) is 47.2 Å². The van der Waals surface area contributed by atoms with Crippen LogP contribution in [-0.2, 0) is 11.3 Å². The van der Waals surface area contributed by atoms with Gasteiger partial charge in [-0.3, -0.25) is 14.5 Å². The third-order valence-electron chi connectivity index (χ3n) is 9.68. The molecule has 2 amide bonds. The molecule has 8 nitrogen and oxygen atoms in total. The first-order valence-electron chi connectivity index (χ1n) is 15.7. The maximum atomic E-state index is 14.1. The van der Waals surface area contributed by atoms with Crippen LogP contribution in [0, 0.1) is 13.8 Å². The van der Waals surface area contributed by atoms with Crippen molar-refractivity contribution >= 4 is 17.5 Å². The average Bonchev–Trinajstić information content (AvgIpc) is 3.59. The van der Waals surface area contributed by atoms with E-state index in [1.165, 1.54) is 29.7 Å². The molecular weight excluding hydrogens is 526 g/mol. The standard InChI is InChI=1S/C34H45N5O3/c1-25-12-13-26(2)30(23-25)37-19-16-36(17-20-37)18-21-39-32(40)29-15-14-28(31-11-8-22-42-31)38(29)24-34(39,3)33(41)35-27-9-6-4-5-7-10-27/h8,11-15,22-23,27H,4-7,9-10,16-21,24H2,1-3H3,(H,35,41)/t34-/m1/s1. The van der Waals surface area contributed by atoms with Gasteiger partial charge in [0.15, 0.2) is 0 Å². The molecule has 1 atom stereocenters. The van der Waals surface area contributed by atoms with E-state index in [0.29, 0.717) is 24.5 Å². The van der Waals surface area contributed by atoms with Crippen molar-refractivity contribution in [3.05, 3.63) is 65.5 Å². The van der Waals surface area contributed by atoms with Gasteiger partial charge in [-0.1, -0.05) is 37.8 Å². The van der Waals surface area contributed by atoms with E-state index in [9.17, 15) is 9.59 Å². The summed E-state index contributed by atoms with van der Waals surface area (Å²) in [6.07, 6.45) is 8.39. The molecule has 6 rings (SSSR count). The molecule has 4 heterocycles. The van der Waals surface area contributed by atoms with E-state index in [-0.39, 0.29) is 17.9 Å². The third kappa shape index (κ3) is 5.61. The van der Waals surface area contributed by atoms with Crippen molar-refractivity contribution < 1.29 is 14.0 Å². The highest BCUT2D eigenvalue weighted by Crippen LogP contribution is 2.34. The Kier molecular flexibility index (Phi) is 8.17. The van der Waals surface area contributed by atoms with Gasteiger partial charge in [-0.25, -0.2) is 0 Å². The van der Waals surface area contributed by atoms with Gasteiger partial charge >= 0.3 is 0 Å². The molecule has 1 saturated heterocycles. The van der Waals surface area contributed by atoms with Gasteiger partial charge in [0.25, 0.3) is 5.91 Å². The molecule has 0 spiro atoms. The largest absolute Gasteiger partial charge is 0.463 e. The molecular formula is C34H45N5O3. The summed E-state index contributed by atoms with van der Waals surface area (Å²) in [5, 5.41) is 3.38. The lowest BCUT2D eigenvalue weighted by Crippen LogP contribution is -2.66. The molecule has 2 aliphatic heterocycles. The fourth-order valence-electron chi connectivity index (χ4n) is 7.04. The predicted molar refractivity (Wildman–Crippen MR) is 166 cm³/mol. The molecule has 3 aliphatic rings. The maximum absolute atomic E-state index is 14.1. The van der Waals surface area contributed by atoms with Crippen LogP contribution in [-0.4, -0.2) is 77.0 Å². The Labute approximate surface area is 249 Å². The normalized spacial score (nSPS) is 22.2. The Bertz CT molecular complexity index is 1400. The summed E-state index contributed by atoms with van der Waals surface area (Å²) in [4.78, 5) is 35.0. The number of benzene rings is 1. The summed E-state index contributed by atoms with van der Waals surface area (Å²) in [6.45, 7) is 11.7. The Morgan fingerprint density at radius 3 is 2.40 bits per heavy atom. The number of nitrogens with one attached hydrogen (secondary N) is 1. The maximum Gasteiger partial charge on any atom is 0.271 e. The highest BCUT2D eigenvalue weighted by Gasteiger charge is 2.48. The summed E-state index contributed by atoms with van der Waals surface area (Å²) in [7, 11) is 0. The van der Waals surface area contributed by atoms with Gasteiger partial charge in [-0.2, -0.15) is 0 Å². The summed E-state index contributed by atoms with van der Waals surface area (Å²) in [5.41, 5.74) is 4.34. The number of aromatic nitrogens is 1. The molecule has 2 aromatic heterocycles. The van der Waals surface area contributed by atoms with Crippen LogP contribution in [0.2, 0.25) is 0 Å². The second-order valence-electron chi connectivity index (χ2n) is 12.7. The highest BCUT2D eigenvalue weighted by molar-refractivity contribution is 6.00. The molecule has 2 fully saturated rings. The van der Waals surface area contributed by atoms with Crippen molar-refractivity contribution in [3.63, 3.8) is 0 Å². The Balaban J connectivity index is 1.20. The summed E-state index contributed by atoms with van der Waals surface area (Å²) >= 11 is 0. The number of piperazine rings is 1. The van der Waals surface area contributed by atoms with Crippen LogP contribution in [0.4, 0.5) is 5.69 Å². The Morgan fingerprint density at radius 2 is 1.69 bits per heavy atom. The van der Waals surface area contributed by atoms with Crippen LogP contribution >= 0.6 is 0 Å². The predicted octanol–water partition coefficient (Wildman–Crippen LogP) is 5.24. The molecule has 3 aromatic rings. The van der Waals surface area contributed by atoms with Crippen LogP contribution < -0.4 is 10.2 Å². The van der Waals surface area contributed by atoms with Gasteiger partial charge in [0, 0.05) is 51.0 Å². The van der Waals surface area contributed by atoms with Crippen LogP contribution in [0.5, 0.6) is 0 Å². The van der Waals surface area contributed by atoms with E-state index in [0.717, 1.165) is 64.1 Å². The van der Waals surface area contributed by atoms with Crippen molar-refractivity contribution in [2.24, 2.45) is 0 Å². The zero-order valence-corrected chi connectivity index (χ0v) is 25.4. The van der Waals surface area contributed by atoms with Crippen LogP contribution in [0.25, 0.3) is 11.5 Å². The molecule has 0 radical (unpaired) electrons. The first-order chi connectivity index (χ1) is 20.3. The molecule has 1 N–H and O–H groups in total. The number of carbonyl (C=O) groups is 2. The van der Waals surface area contributed by atoms with E-state index >= 15 is 0 Å². The fraction of sp³-hybridized carbons (Fsp3) is 0.529. The van der Waals surface area contributed by atoms with Crippen molar-refractivity contribution in [1.29, 1.82) is 0 Å². The number of aryl methyl sites for hydroxylation is 2. The second-order valence-corrected chi connectivity index (χ2v) is 12.7. The average molecular weight is 572 g/mol. The monoisotopic (exact) mass is 571 g/mol. The zero-order valence-electron chi connectivity index (χ0n) is 25.4. The minimum absolute atomic E-state index is 0.0489. The van der Waals surface area contributed by atoms with Gasteiger partial charge < -0.3 is 24.1 Å². The van der Waals surface area contributed by atoms with Crippen LogP contribution in [0.15, 0.2) is 53.1 Å². The zero-order chi connectivity index (χ0) is 29.3.